The van der Waals surface area contributed by atoms with Gasteiger partial charge in [0.05, 0.1) is 13.2 Å². The van der Waals surface area contributed by atoms with Crippen LogP contribution in [-0.2, 0) is 0 Å². The van der Waals surface area contributed by atoms with Gasteiger partial charge in [0.2, 0.25) is 0 Å². The van der Waals surface area contributed by atoms with Crippen molar-refractivity contribution in [2.24, 2.45) is 0 Å². The molecular weight excluding hydrogens is 290 g/mol. The summed E-state index contributed by atoms with van der Waals surface area (Å²) in [6, 6.07) is 11.3. The van der Waals surface area contributed by atoms with Crippen molar-refractivity contribution in [3.05, 3.63) is 53.7 Å². The highest BCUT2D eigenvalue weighted by atomic mass is 16.5. The van der Waals surface area contributed by atoms with Gasteiger partial charge in [0, 0.05) is 17.8 Å². The van der Waals surface area contributed by atoms with Crippen LogP contribution in [0.5, 0.6) is 5.75 Å². The maximum atomic E-state index is 12.4. The fourth-order valence-electron chi connectivity index (χ4n) is 2.20. The van der Waals surface area contributed by atoms with Crippen LogP contribution >= 0.6 is 0 Å². The number of carbonyl (C=O) groups excluding carboxylic acids is 1. The number of pyridine rings is 1. The molecule has 2 aromatic rings. The minimum Gasteiger partial charge on any atom is -0.497 e. The summed E-state index contributed by atoms with van der Waals surface area (Å²) in [5.41, 5.74) is 1.61. The second-order valence-electron chi connectivity index (χ2n) is 5.70. The molecule has 1 unspecified atom stereocenters. The lowest BCUT2D eigenvalue weighted by Gasteiger charge is -2.15. The molecule has 23 heavy (non-hydrogen) atoms. The van der Waals surface area contributed by atoms with Gasteiger partial charge in [0.1, 0.15) is 11.6 Å². The predicted octanol–water partition coefficient (Wildman–Crippen LogP) is 3.40. The number of nitrogens with one attached hydrogen (secondary N) is 2. The number of hydrogen-bond donors (Lipinski definition) is 2. The third kappa shape index (κ3) is 4.71. The summed E-state index contributed by atoms with van der Waals surface area (Å²) in [7, 11) is 1.63. The van der Waals surface area contributed by atoms with Crippen molar-refractivity contribution < 1.29 is 9.53 Å². The molecule has 1 heterocycles. The van der Waals surface area contributed by atoms with Gasteiger partial charge in [-0.25, -0.2) is 4.98 Å². The highest BCUT2D eigenvalue weighted by Gasteiger charge is 2.12. The zero-order valence-electron chi connectivity index (χ0n) is 14.0. The summed E-state index contributed by atoms with van der Waals surface area (Å²) in [4.78, 5) is 16.6. The molecule has 0 radical (unpaired) electrons. The number of anilines is 1. The Morgan fingerprint density at radius 2 is 1.83 bits per heavy atom. The smallest absolute Gasteiger partial charge is 0.251 e. The van der Waals surface area contributed by atoms with Crippen LogP contribution in [0.1, 0.15) is 42.7 Å². The van der Waals surface area contributed by atoms with Crippen LogP contribution in [0.15, 0.2) is 42.6 Å². The Balaban J connectivity index is 2.05. The average molecular weight is 313 g/mol. The maximum absolute atomic E-state index is 12.4. The zero-order valence-corrected chi connectivity index (χ0v) is 14.0. The van der Waals surface area contributed by atoms with Gasteiger partial charge in [0.25, 0.3) is 5.91 Å². The fourth-order valence-corrected chi connectivity index (χ4v) is 2.20. The minimum atomic E-state index is -0.123. The Morgan fingerprint density at radius 3 is 2.43 bits per heavy atom. The first-order chi connectivity index (χ1) is 11.0. The van der Waals surface area contributed by atoms with Crippen molar-refractivity contribution in [1.29, 1.82) is 0 Å². The lowest BCUT2D eigenvalue weighted by molar-refractivity contribution is 0.0940. The number of methoxy groups -OCH3 is 1. The van der Waals surface area contributed by atoms with E-state index in [0.717, 1.165) is 11.3 Å². The highest BCUT2D eigenvalue weighted by molar-refractivity contribution is 5.95. The normalized spacial score (nSPS) is 11.9. The Morgan fingerprint density at radius 1 is 1.13 bits per heavy atom. The van der Waals surface area contributed by atoms with Crippen LogP contribution in [0.25, 0.3) is 0 Å². The summed E-state index contributed by atoms with van der Waals surface area (Å²) in [6.07, 6.45) is 1.64. The standard InChI is InChI=1S/C18H23N3O2/c1-12(2)20-17-11-15(9-10-19-17)18(22)21-13(3)14-5-7-16(23-4)8-6-14/h5-13H,1-4H3,(H,19,20)(H,21,22). The molecule has 0 aliphatic rings. The molecule has 0 bridgehead atoms. The van der Waals surface area contributed by atoms with E-state index in [-0.39, 0.29) is 18.0 Å². The molecule has 1 aromatic carbocycles. The molecule has 1 aromatic heterocycles. The first-order valence-corrected chi connectivity index (χ1v) is 7.67. The number of ether oxygens (including phenoxy) is 1. The van der Waals surface area contributed by atoms with E-state index in [0.29, 0.717) is 11.4 Å². The van der Waals surface area contributed by atoms with Crippen molar-refractivity contribution in [1.82, 2.24) is 10.3 Å². The van der Waals surface area contributed by atoms with Crippen molar-refractivity contribution in [2.45, 2.75) is 32.9 Å². The Hall–Kier alpha value is -2.56. The summed E-state index contributed by atoms with van der Waals surface area (Å²) < 4.78 is 5.14. The number of benzene rings is 1. The van der Waals surface area contributed by atoms with E-state index < -0.39 is 0 Å². The van der Waals surface area contributed by atoms with Gasteiger partial charge in [-0.15, -0.1) is 0 Å². The molecule has 0 saturated heterocycles. The van der Waals surface area contributed by atoms with Gasteiger partial charge in [-0.2, -0.15) is 0 Å². The van der Waals surface area contributed by atoms with Crippen molar-refractivity contribution in [2.75, 3.05) is 12.4 Å². The molecule has 2 N–H and O–H groups in total. The van der Waals surface area contributed by atoms with Crippen LogP contribution < -0.4 is 15.4 Å². The zero-order chi connectivity index (χ0) is 16.8. The van der Waals surface area contributed by atoms with Gasteiger partial charge in [0.15, 0.2) is 0 Å². The molecule has 0 saturated carbocycles. The van der Waals surface area contributed by atoms with Crippen molar-refractivity contribution in [3.8, 4) is 5.75 Å². The van der Waals surface area contributed by atoms with Gasteiger partial charge in [-0.05, 0) is 50.6 Å². The lowest BCUT2D eigenvalue weighted by Crippen LogP contribution is -2.26. The van der Waals surface area contributed by atoms with E-state index in [4.69, 9.17) is 4.74 Å². The summed E-state index contributed by atoms with van der Waals surface area (Å²) in [5, 5.41) is 6.19. The van der Waals surface area contributed by atoms with Gasteiger partial charge in [-0.1, -0.05) is 12.1 Å². The van der Waals surface area contributed by atoms with E-state index >= 15 is 0 Å². The SMILES string of the molecule is COc1ccc(C(C)NC(=O)c2ccnc(NC(C)C)c2)cc1. The molecule has 2 rings (SSSR count). The third-order valence-corrected chi connectivity index (χ3v) is 3.42. The van der Waals surface area contributed by atoms with E-state index in [1.807, 2.05) is 45.0 Å². The van der Waals surface area contributed by atoms with Crippen LogP contribution in [0, 0.1) is 0 Å². The van der Waals surface area contributed by atoms with Gasteiger partial charge >= 0.3 is 0 Å². The Bertz CT molecular complexity index is 654. The molecule has 0 spiro atoms. The van der Waals surface area contributed by atoms with Crippen LogP contribution in [-0.4, -0.2) is 24.0 Å². The molecule has 0 aliphatic heterocycles. The molecule has 122 valence electrons. The minimum absolute atomic E-state index is 0.0944. The van der Waals surface area contributed by atoms with E-state index in [1.165, 1.54) is 0 Å². The van der Waals surface area contributed by atoms with E-state index in [1.54, 1.807) is 25.4 Å². The second kappa shape index (κ2) is 7.63. The fraction of sp³-hybridized carbons (Fsp3) is 0.333. The number of nitrogens with zero attached hydrogens (tertiary/aromatic N) is 1. The third-order valence-electron chi connectivity index (χ3n) is 3.42. The molecule has 5 nitrogen and oxygen atoms in total. The molecular formula is C18H23N3O2. The van der Waals surface area contributed by atoms with Gasteiger partial charge < -0.3 is 15.4 Å². The topological polar surface area (TPSA) is 63.2 Å². The van der Waals surface area contributed by atoms with Crippen LogP contribution in [0.2, 0.25) is 0 Å². The summed E-state index contributed by atoms with van der Waals surface area (Å²) in [5.74, 6) is 1.37. The Labute approximate surface area is 137 Å². The number of rotatable bonds is 6. The lowest BCUT2D eigenvalue weighted by atomic mass is 10.1. The molecule has 1 amide bonds. The average Bonchev–Trinajstić information content (AvgIpc) is 2.54. The van der Waals surface area contributed by atoms with Crippen LogP contribution in [0.3, 0.4) is 0 Å². The quantitative estimate of drug-likeness (QED) is 0.858. The monoisotopic (exact) mass is 313 g/mol. The van der Waals surface area contributed by atoms with Crippen molar-refractivity contribution >= 4 is 11.7 Å². The molecule has 1 atom stereocenters. The predicted molar refractivity (Wildman–Crippen MR) is 91.9 cm³/mol. The van der Waals surface area contributed by atoms with E-state index in [9.17, 15) is 4.79 Å². The number of amides is 1. The number of carbonyl (C=O) groups is 1. The molecule has 0 fully saturated rings. The number of aromatic nitrogens is 1. The maximum Gasteiger partial charge on any atom is 0.251 e. The van der Waals surface area contributed by atoms with Gasteiger partial charge in [-0.3, -0.25) is 4.79 Å². The Kier molecular flexibility index (Phi) is 5.57. The molecule has 0 aliphatic carbocycles. The first-order valence-electron chi connectivity index (χ1n) is 7.67. The first kappa shape index (κ1) is 16.8. The van der Waals surface area contributed by atoms with Crippen LogP contribution in [0.4, 0.5) is 5.82 Å². The largest absolute Gasteiger partial charge is 0.497 e. The summed E-state index contributed by atoms with van der Waals surface area (Å²) in [6.45, 7) is 6.01. The second-order valence-corrected chi connectivity index (χ2v) is 5.70. The van der Waals surface area contributed by atoms with Crippen molar-refractivity contribution in [3.63, 3.8) is 0 Å². The number of hydrogen-bond acceptors (Lipinski definition) is 4. The summed E-state index contributed by atoms with van der Waals surface area (Å²) >= 11 is 0. The van der Waals surface area contributed by atoms with E-state index in [2.05, 4.69) is 15.6 Å². The highest BCUT2D eigenvalue weighted by Crippen LogP contribution is 2.18. The molecule has 5 heteroatoms.